The highest BCUT2D eigenvalue weighted by Gasteiger charge is 2.13. The molecular formula is C13H13NO5. The van der Waals surface area contributed by atoms with Crippen molar-refractivity contribution in [1.29, 1.82) is 0 Å². The van der Waals surface area contributed by atoms with Gasteiger partial charge in [-0.25, -0.2) is 4.79 Å². The molecule has 1 aromatic carbocycles. The van der Waals surface area contributed by atoms with Crippen LogP contribution in [0.2, 0.25) is 0 Å². The van der Waals surface area contributed by atoms with E-state index in [0.29, 0.717) is 11.3 Å². The van der Waals surface area contributed by atoms with Crippen LogP contribution in [0.5, 0.6) is 5.75 Å². The van der Waals surface area contributed by atoms with Crippen molar-refractivity contribution in [2.75, 3.05) is 20.3 Å². The fourth-order valence-electron chi connectivity index (χ4n) is 1.77. The molecule has 0 aliphatic rings. The van der Waals surface area contributed by atoms with Crippen molar-refractivity contribution in [3.05, 3.63) is 30.0 Å². The topological polar surface area (TPSA) is 88.6 Å². The lowest BCUT2D eigenvalue weighted by Crippen LogP contribution is -2.14. The van der Waals surface area contributed by atoms with Gasteiger partial charge in [-0.2, -0.15) is 0 Å². The number of benzene rings is 1. The molecule has 0 spiro atoms. The van der Waals surface area contributed by atoms with Gasteiger partial charge >= 0.3 is 5.97 Å². The third kappa shape index (κ3) is 2.92. The number of carbonyl (C=O) groups excluding carboxylic acids is 1. The summed E-state index contributed by atoms with van der Waals surface area (Å²) in [6, 6.07) is 5.34. The van der Waals surface area contributed by atoms with Gasteiger partial charge in [0.2, 0.25) is 0 Å². The summed E-state index contributed by atoms with van der Waals surface area (Å²) in [5.74, 6) is -0.734. The van der Waals surface area contributed by atoms with Gasteiger partial charge in [0, 0.05) is 22.7 Å². The molecule has 0 fully saturated rings. The van der Waals surface area contributed by atoms with Crippen LogP contribution in [0.1, 0.15) is 10.4 Å². The number of aromatic amines is 1. The van der Waals surface area contributed by atoms with Crippen LogP contribution in [0.25, 0.3) is 10.9 Å². The molecular weight excluding hydrogens is 250 g/mol. The van der Waals surface area contributed by atoms with E-state index in [1.165, 1.54) is 0 Å². The lowest BCUT2D eigenvalue weighted by molar-refractivity contribution is -0.141. The van der Waals surface area contributed by atoms with Crippen molar-refractivity contribution in [2.45, 2.75) is 0 Å². The Labute approximate surface area is 108 Å². The van der Waals surface area contributed by atoms with Gasteiger partial charge in [0.1, 0.15) is 19.0 Å². The highest BCUT2D eigenvalue weighted by atomic mass is 16.5. The lowest BCUT2D eigenvalue weighted by atomic mass is 10.1. The molecule has 19 heavy (non-hydrogen) atoms. The molecule has 0 unspecified atom stereocenters. The smallest absolute Gasteiger partial charge is 0.329 e. The number of methoxy groups -OCH3 is 1. The zero-order valence-electron chi connectivity index (χ0n) is 10.3. The van der Waals surface area contributed by atoms with Crippen LogP contribution in [0.3, 0.4) is 0 Å². The normalized spacial score (nSPS) is 10.6. The highest BCUT2D eigenvalue weighted by Crippen LogP contribution is 2.23. The molecule has 2 rings (SSSR count). The molecule has 0 radical (unpaired) electrons. The SMILES string of the molecule is COc1ccc2[nH]cc(C(=O)COCC(=O)O)c2c1. The van der Waals surface area contributed by atoms with E-state index in [4.69, 9.17) is 14.6 Å². The number of aliphatic carboxylic acids is 1. The van der Waals surface area contributed by atoms with E-state index in [1.54, 1.807) is 25.4 Å². The Kier molecular flexibility index (Phi) is 3.82. The Morgan fingerprint density at radius 2 is 2.11 bits per heavy atom. The van der Waals surface area contributed by atoms with Crippen LogP contribution in [-0.4, -0.2) is 42.2 Å². The number of nitrogens with one attached hydrogen (secondary N) is 1. The molecule has 0 atom stereocenters. The number of hydrogen-bond donors (Lipinski definition) is 2. The fraction of sp³-hybridized carbons (Fsp3) is 0.231. The summed E-state index contributed by atoms with van der Waals surface area (Å²) in [6.45, 7) is -0.756. The van der Waals surface area contributed by atoms with Gasteiger partial charge in [0.05, 0.1) is 7.11 Å². The maximum Gasteiger partial charge on any atom is 0.329 e. The van der Waals surface area contributed by atoms with Crippen molar-refractivity contribution >= 4 is 22.7 Å². The zero-order chi connectivity index (χ0) is 13.8. The minimum absolute atomic E-state index is 0.267. The zero-order valence-corrected chi connectivity index (χ0v) is 10.3. The Morgan fingerprint density at radius 1 is 1.32 bits per heavy atom. The first-order valence-electron chi connectivity index (χ1n) is 5.59. The third-order valence-electron chi connectivity index (χ3n) is 2.65. The van der Waals surface area contributed by atoms with Crippen LogP contribution < -0.4 is 4.74 Å². The second-order valence-corrected chi connectivity index (χ2v) is 3.92. The van der Waals surface area contributed by atoms with E-state index in [0.717, 1.165) is 10.9 Å². The molecule has 0 aliphatic carbocycles. The summed E-state index contributed by atoms with van der Waals surface area (Å²) in [6.07, 6.45) is 1.58. The van der Waals surface area contributed by atoms with Crippen LogP contribution in [0.4, 0.5) is 0 Å². The number of ketones is 1. The molecule has 6 nitrogen and oxygen atoms in total. The van der Waals surface area contributed by atoms with E-state index >= 15 is 0 Å². The highest BCUT2D eigenvalue weighted by molar-refractivity contribution is 6.08. The summed E-state index contributed by atoms with van der Waals surface area (Å²) in [4.78, 5) is 25.2. The number of aromatic nitrogens is 1. The van der Waals surface area contributed by atoms with E-state index in [9.17, 15) is 9.59 Å². The summed E-state index contributed by atoms with van der Waals surface area (Å²) >= 11 is 0. The second-order valence-electron chi connectivity index (χ2n) is 3.92. The Bertz CT molecular complexity index is 617. The number of H-pyrrole nitrogens is 1. The predicted molar refractivity (Wildman–Crippen MR) is 67.6 cm³/mol. The number of carbonyl (C=O) groups is 2. The van der Waals surface area contributed by atoms with E-state index in [2.05, 4.69) is 4.98 Å². The average Bonchev–Trinajstić information content (AvgIpc) is 2.80. The quantitative estimate of drug-likeness (QED) is 0.770. The fourth-order valence-corrected chi connectivity index (χ4v) is 1.77. The standard InChI is InChI=1S/C13H13NO5/c1-18-8-2-3-11-9(4-8)10(5-14-11)12(15)6-19-7-13(16)17/h2-5,14H,6-7H2,1H3,(H,16,17). The number of Topliss-reactive ketones (excluding diaryl/α,β-unsaturated/α-hetero) is 1. The number of fused-ring (bicyclic) bond motifs is 1. The molecule has 0 saturated carbocycles. The van der Waals surface area contributed by atoms with Crippen LogP contribution in [0, 0.1) is 0 Å². The van der Waals surface area contributed by atoms with Gasteiger partial charge < -0.3 is 19.6 Å². The van der Waals surface area contributed by atoms with Crippen LogP contribution in [0.15, 0.2) is 24.4 Å². The number of carboxylic acid groups (broad SMARTS) is 1. The monoisotopic (exact) mass is 263 g/mol. The lowest BCUT2D eigenvalue weighted by Gasteiger charge is -2.02. The first-order valence-corrected chi connectivity index (χ1v) is 5.59. The Balaban J connectivity index is 2.19. The molecule has 2 N–H and O–H groups in total. The van der Waals surface area contributed by atoms with Crippen molar-refractivity contribution < 1.29 is 24.2 Å². The first kappa shape index (κ1) is 13.1. The largest absolute Gasteiger partial charge is 0.497 e. The van der Waals surface area contributed by atoms with Gasteiger partial charge in [-0.05, 0) is 18.2 Å². The molecule has 6 heteroatoms. The molecule has 0 aliphatic heterocycles. The summed E-state index contributed by atoms with van der Waals surface area (Å²) < 4.78 is 9.90. The second kappa shape index (κ2) is 5.53. The van der Waals surface area contributed by atoms with Crippen molar-refractivity contribution in [3.63, 3.8) is 0 Å². The average molecular weight is 263 g/mol. The summed E-state index contributed by atoms with van der Waals surface area (Å²) in [7, 11) is 1.55. The maximum atomic E-state index is 11.9. The van der Waals surface area contributed by atoms with E-state index < -0.39 is 12.6 Å². The molecule has 0 bridgehead atoms. The minimum Gasteiger partial charge on any atom is -0.497 e. The summed E-state index contributed by atoms with van der Waals surface area (Å²) in [5.41, 5.74) is 1.27. The van der Waals surface area contributed by atoms with E-state index in [1.807, 2.05) is 6.07 Å². The van der Waals surface area contributed by atoms with Crippen molar-refractivity contribution in [3.8, 4) is 5.75 Å². The van der Waals surface area contributed by atoms with Crippen molar-refractivity contribution in [1.82, 2.24) is 4.98 Å². The van der Waals surface area contributed by atoms with Gasteiger partial charge in [0.25, 0.3) is 0 Å². The Hall–Kier alpha value is -2.34. The van der Waals surface area contributed by atoms with Gasteiger partial charge in [-0.1, -0.05) is 0 Å². The van der Waals surface area contributed by atoms with Crippen LogP contribution in [-0.2, 0) is 9.53 Å². The van der Waals surface area contributed by atoms with Crippen LogP contribution >= 0.6 is 0 Å². The Morgan fingerprint density at radius 3 is 2.79 bits per heavy atom. The molecule has 1 heterocycles. The molecule has 0 amide bonds. The number of hydrogen-bond acceptors (Lipinski definition) is 4. The van der Waals surface area contributed by atoms with Gasteiger partial charge in [-0.15, -0.1) is 0 Å². The predicted octanol–water partition coefficient (Wildman–Crippen LogP) is 1.46. The maximum absolute atomic E-state index is 11.9. The van der Waals surface area contributed by atoms with E-state index in [-0.39, 0.29) is 12.4 Å². The third-order valence-corrected chi connectivity index (χ3v) is 2.65. The minimum atomic E-state index is -1.10. The number of ether oxygens (including phenoxy) is 2. The van der Waals surface area contributed by atoms with Gasteiger partial charge in [-0.3, -0.25) is 4.79 Å². The number of carboxylic acids is 1. The number of rotatable bonds is 6. The molecule has 1 aromatic heterocycles. The summed E-state index contributed by atoms with van der Waals surface area (Å²) in [5, 5.41) is 9.16. The molecule has 100 valence electrons. The molecule has 0 saturated heterocycles. The van der Waals surface area contributed by atoms with Crippen molar-refractivity contribution in [2.24, 2.45) is 0 Å². The first-order chi connectivity index (χ1) is 9.11. The molecule has 2 aromatic rings. The van der Waals surface area contributed by atoms with Gasteiger partial charge in [0.15, 0.2) is 5.78 Å².